The van der Waals surface area contributed by atoms with Crippen LogP contribution in [0.3, 0.4) is 0 Å². The second-order valence-electron chi connectivity index (χ2n) is 18.1. The third-order valence-electron chi connectivity index (χ3n) is 15.9. The quantitative estimate of drug-likeness (QED) is 0.239. The van der Waals surface area contributed by atoms with E-state index in [0.717, 1.165) is 38.5 Å². The van der Waals surface area contributed by atoms with Crippen LogP contribution in [0.5, 0.6) is 0 Å². The van der Waals surface area contributed by atoms with Crippen LogP contribution in [0.2, 0.25) is 0 Å². The summed E-state index contributed by atoms with van der Waals surface area (Å²) in [5.74, 6) is 2.36. The fourth-order valence-corrected chi connectivity index (χ4v) is 12.7. The third kappa shape index (κ3) is 4.97. The van der Waals surface area contributed by atoms with Crippen molar-refractivity contribution in [1.29, 1.82) is 0 Å². The second kappa shape index (κ2) is 11.9. The molecule has 48 heavy (non-hydrogen) atoms. The molecule has 0 unspecified atom stereocenters. The van der Waals surface area contributed by atoms with Gasteiger partial charge < -0.3 is 9.47 Å². The number of hydrogen-bond donors (Lipinski definition) is 0. The van der Waals surface area contributed by atoms with Crippen LogP contribution in [0.4, 0.5) is 0 Å². The van der Waals surface area contributed by atoms with Gasteiger partial charge in [-0.1, -0.05) is 96.5 Å². The van der Waals surface area contributed by atoms with Gasteiger partial charge in [0, 0.05) is 10.8 Å². The number of fused-ring (bicyclic) bond motifs is 7. The Morgan fingerprint density at radius 3 is 2.04 bits per heavy atom. The summed E-state index contributed by atoms with van der Waals surface area (Å²) in [5, 5.41) is 0. The molecule has 4 heteroatoms. The molecule has 258 valence electrons. The summed E-state index contributed by atoms with van der Waals surface area (Å²) < 4.78 is 12.6. The van der Waals surface area contributed by atoms with Gasteiger partial charge in [0.05, 0.1) is 17.7 Å². The highest BCUT2D eigenvalue weighted by atomic mass is 16.5. The van der Waals surface area contributed by atoms with Crippen molar-refractivity contribution in [2.45, 2.75) is 112 Å². The maximum atomic E-state index is 13.2. The van der Waals surface area contributed by atoms with Gasteiger partial charge in [0.25, 0.3) is 0 Å². The fourth-order valence-electron chi connectivity index (χ4n) is 12.7. The second-order valence-corrected chi connectivity index (χ2v) is 18.1. The van der Waals surface area contributed by atoms with E-state index >= 15 is 0 Å². The van der Waals surface area contributed by atoms with Crippen molar-refractivity contribution in [3.63, 3.8) is 0 Å². The topological polar surface area (TPSA) is 52.6 Å². The molecular formula is C44H58O4. The van der Waals surface area contributed by atoms with Gasteiger partial charge in [0.15, 0.2) is 0 Å². The summed E-state index contributed by atoms with van der Waals surface area (Å²) in [5.41, 5.74) is 3.39. The minimum atomic E-state index is -0.188. The number of rotatable bonds is 5. The molecule has 0 spiro atoms. The smallest absolute Gasteiger partial charge is 0.338 e. The van der Waals surface area contributed by atoms with Gasteiger partial charge in [-0.05, 0) is 128 Å². The van der Waals surface area contributed by atoms with Gasteiger partial charge in [-0.2, -0.15) is 0 Å². The fraction of sp³-hybridized carbons (Fsp3) is 0.636. The molecule has 0 radical (unpaired) electrons. The van der Waals surface area contributed by atoms with E-state index < -0.39 is 0 Å². The van der Waals surface area contributed by atoms with Crippen molar-refractivity contribution in [3.8, 4) is 0 Å². The van der Waals surface area contributed by atoms with Crippen molar-refractivity contribution in [2.75, 3.05) is 6.61 Å². The van der Waals surface area contributed by atoms with Crippen LogP contribution in [0.25, 0.3) is 0 Å². The summed E-state index contributed by atoms with van der Waals surface area (Å²) in [6.45, 7) is 18.1. The molecule has 0 saturated heterocycles. The summed E-state index contributed by atoms with van der Waals surface area (Å²) >= 11 is 0. The van der Waals surface area contributed by atoms with E-state index in [1.807, 2.05) is 60.7 Å². The van der Waals surface area contributed by atoms with Crippen molar-refractivity contribution in [1.82, 2.24) is 0 Å². The number of allylic oxidation sites excluding steroid dienone is 2. The van der Waals surface area contributed by atoms with Crippen molar-refractivity contribution >= 4 is 11.9 Å². The maximum Gasteiger partial charge on any atom is 0.338 e. The molecule has 0 heterocycles. The molecule has 0 bridgehead atoms. The van der Waals surface area contributed by atoms with Crippen molar-refractivity contribution in [2.24, 2.45) is 56.7 Å². The lowest BCUT2D eigenvalue weighted by molar-refractivity contribution is -0.206. The van der Waals surface area contributed by atoms with Crippen molar-refractivity contribution in [3.05, 3.63) is 83.4 Å². The zero-order chi connectivity index (χ0) is 34.1. The molecule has 2 aromatic carbocycles. The minimum absolute atomic E-state index is 0.00862. The monoisotopic (exact) mass is 650 g/mol. The third-order valence-corrected chi connectivity index (χ3v) is 15.9. The van der Waals surface area contributed by atoms with E-state index in [-0.39, 0.29) is 45.1 Å². The summed E-state index contributed by atoms with van der Waals surface area (Å²) in [7, 11) is 0. The van der Waals surface area contributed by atoms with Gasteiger partial charge >= 0.3 is 11.9 Å². The van der Waals surface area contributed by atoms with Crippen LogP contribution in [0.1, 0.15) is 127 Å². The lowest BCUT2D eigenvalue weighted by atomic mass is 9.33. The van der Waals surface area contributed by atoms with Gasteiger partial charge in [-0.3, -0.25) is 0 Å². The first-order valence-electron chi connectivity index (χ1n) is 19.0. The first-order valence-corrected chi connectivity index (χ1v) is 19.0. The number of carbonyl (C=O) groups is 2. The molecular weight excluding hydrogens is 592 g/mol. The maximum absolute atomic E-state index is 13.2. The predicted molar refractivity (Wildman–Crippen MR) is 191 cm³/mol. The Morgan fingerprint density at radius 2 is 1.38 bits per heavy atom. The van der Waals surface area contributed by atoms with Crippen LogP contribution in [-0.2, 0) is 9.47 Å². The average molecular weight is 651 g/mol. The van der Waals surface area contributed by atoms with Crippen LogP contribution < -0.4 is 0 Å². The molecule has 7 rings (SSSR count). The Hall–Kier alpha value is -2.88. The first kappa shape index (κ1) is 33.6. The normalized spacial score (nSPS) is 41.4. The van der Waals surface area contributed by atoms with Crippen LogP contribution in [-0.4, -0.2) is 24.6 Å². The zero-order valence-corrected chi connectivity index (χ0v) is 30.5. The van der Waals surface area contributed by atoms with Crippen molar-refractivity contribution < 1.29 is 19.1 Å². The highest BCUT2D eigenvalue weighted by Crippen LogP contribution is 2.76. The van der Waals surface area contributed by atoms with E-state index in [1.165, 1.54) is 19.3 Å². The van der Waals surface area contributed by atoms with Gasteiger partial charge in [0.1, 0.15) is 6.10 Å². The summed E-state index contributed by atoms with van der Waals surface area (Å²) in [6.07, 6.45) is 12.8. The Balaban J connectivity index is 1.17. The van der Waals surface area contributed by atoms with Gasteiger partial charge in [0.2, 0.25) is 0 Å². The summed E-state index contributed by atoms with van der Waals surface area (Å²) in [4.78, 5) is 26.4. The molecule has 10 atom stereocenters. The van der Waals surface area contributed by atoms with Crippen LogP contribution >= 0.6 is 0 Å². The standard InChI is InChI=1S/C44H58O4/c1-29-20-25-44(28-47-38(45)31-14-10-8-11-15-31)27-26-42(6)33(37(44)30(29)2)18-19-35-41(5)23-22-36(48-39(46)32-16-12-9-13-17-32)40(3,4)34(41)21-24-43(35,42)7/h8-18,29-30,34-37H,19-28H2,1-7H3/t29-,30+,34-,35-,36+,37-,41+,42-,43-,44-/m1/s1. The number of benzene rings is 2. The minimum Gasteiger partial charge on any atom is -0.461 e. The van der Waals surface area contributed by atoms with Crippen LogP contribution in [0, 0.1) is 56.7 Å². The summed E-state index contributed by atoms with van der Waals surface area (Å²) in [6, 6.07) is 19.0. The van der Waals surface area contributed by atoms with E-state index in [2.05, 4.69) is 54.5 Å². The van der Waals surface area contributed by atoms with E-state index in [1.54, 1.807) is 5.57 Å². The molecule has 0 N–H and O–H groups in total. The van der Waals surface area contributed by atoms with Crippen LogP contribution in [0.15, 0.2) is 72.3 Å². The van der Waals surface area contributed by atoms with Gasteiger partial charge in [-0.15, -0.1) is 0 Å². The van der Waals surface area contributed by atoms with E-state index in [0.29, 0.717) is 47.3 Å². The largest absolute Gasteiger partial charge is 0.461 e. The van der Waals surface area contributed by atoms with E-state index in [4.69, 9.17) is 9.47 Å². The first-order chi connectivity index (χ1) is 22.8. The van der Waals surface area contributed by atoms with Gasteiger partial charge in [-0.25, -0.2) is 9.59 Å². The molecule has 0 aliphatic heterocycles. The Kier molecular flexibility index (Phi) is 8.31. The Bertz CT molecular complexity index is 1560. The average Bonchev–Trinajstić information content (AvgIpc) is 3.08. The zero-order valence-electron chi connectivity index (χ0n) is 30.5. The predicted octanol–water partition coefficient (Wildman–Crippen LogP) is 10.7. The number of esters is 2. The molecule has 4 nitrogen and oxygen atoms in total. The molecule has 4 fully saturated rings. The molecule has 5 aliphatic rings. The SMILES string of the molecule is C[C@H]1[C@H](C)CC[C@]2(COC(=O)c3ccccc3)CC[C@]3(C)C(=CC[C@@H]4[C@@]5(C)CC[C@H](OC(=O)c6ccccc6)C(C)(C)[C@H]5CC[C@]43C)[C@@H]12. The molecule has 0 amide bonds. The van der Waals surface area contributed by atoms with E-state index in [9.17, 15) is 9.59 Å². The molecule has 2 aromatic rings. The Morgan fingerprint density at radius 1 is 0.729 bits per heavy atom. The highest BCUT2D eigenvalue weighted by molar-refractivity contribution is 5.89. The lowest BCUT2D eigenvalue weighted by Gasteiger charge is -2.71. The Labute approximate surface area is 289 Å². The number of ether oxygens (including phenoxy) is 2. The molecule has 0 aromatic heterocycles. The number of hydrogen-bond acceptors (Lipinski definition) is 4. The molecule has 5 aliphatic carbocycles. The lowest BCUT2D eigenvalue weighted by Crippen LogP contribution is -2.65. The number of carbonyl (C=O) groups excluding carboxylic acids is 2. The molecule has 4 saturated carbocycles. The highest BCUT2D eigenvalue weighted by Gasteiger charge is 2.69.